The quantitative estimate of drug-likeness (QED) is 0.543. The molecule has 0 saturated heterocycles. The van der Waals surface area contributed by atoms with Gasteiger partial charge in [0.1, 0.15) is 11.9 Å². The first-order chi connectivity index (χ1) is 15.5. The zero-order valence-corrected chi connectivity index (χ0v) is 18.6. The van der Waals surface area contributed by atoms with E-state index in [9.17, 15) is 14.0 Å². The third-order valence-corrected chi connectivity index (χ3v) is 5.53. The third kappa shape index (κ3) is 6.51. The van der Waals surface area contributed by atoms with E-state index in [2.05, 4.69) is 5.32 Å². The van der Waals surface area contributed by atoms with Gasteiger partial charge in [-0.25, -0.2) is 4.39 Å². The summed E-state index contributed by atoms with van der Waals surface area (Å²) in [6.45, 7) is 2.26. The molecular weight excluding hydrogens is 403 g/mol. The Bertz CT molecular complexity index is 1020. The normalized spacial score (nSPS) is 11.6. The maximum Gasteiger partial charge on any atom is 0.242 e. The molecule has 0 spiro atoms. The van der Waals surface area contributed by atoms with Gasteiger partial charge in [0, 0.05) is 26.4 Å². The average molecular weight is 433 g/mol. The lowest BCUT2D eigenvalue weighted by Crippen LogP contribution is -2.49. The molecule has 3 rings (SSSR count). The van der Waals surface area contributed by atoms with Gasteiger partial charge in [0.15, 0.2) is 0 Å². The van der Waals surface area contributed by atoms with Crippen molar-refractivity contribution in [2.45, 2.75) is 38.8 Å². The molecule has 5 heteroatoms. The molecule has 1 atom stereocenters. The monoisotopic (exact) mass is 432 g/mol. The van der Waals surface area contributed by atoms with Crippen LogP contribution in [0.1, 0.15) is 28.7 Å². The number of nitrogens with one attached hydrogen (secondary N) is 1. The van der Waals surface area contributed by atoms with Crippen LogP contribution in [0.5, 0.6) is 0 Å². The largest absolute Gasteiger partial charge is 0.357 e. The number of nitrogens with zero attached hydrogens (tertiary/aromatic N) is 1. The zero-order chi connectivity index (χ0) is 22.9. The molecule has 0 saturated carbocycles. The lowest BCUT2D eigenvalue weighted by molar-refractivity contribution is -0.141. The Morgan fingerprint density at radius 1 is 0.875 bits per heavy atom. The SMILES string of the molecule is CNC(=O)[C@@H](Cc1ccccc1)N(Cc1ccc(F)cc1)C(=O)CCc1ccc(C)cc1. The molecule has 2 amide bonds. The summed E-state index contributed by atoms with van der Waals surface area (Å²) in [6.07, 6.45) is 1.27. The summed E-state index contributed by atoms with van der Waals surface area (Å²) in [7, 11) is 1.58. The summed E-state index contributed by atoms with van der Waals surface area (Å²) in [5.74, 6) is -0.669. The van der Waals surface area contributed by atoms with Crippen molar-refractivity contribution in [3.8, 4) is 0 Å². The first-order valence-corrected chi connectivity index (χ1v) is 10.8. The fraction of sp³-hybridized carbons (Fsp3) is 0.259. The van der Waals surface area contributed by atoms with Crippen LogP contribution >= 0.6 is 0 Å². The number of hydrogen-bond acceptors (Lipinski definition) is 2. The minimum atomic E-state index is -0.669. The number of halogens is 1. The molecule has 0 bridgehead atoms. The van der Waals surface area contributed by atoms with Gasteiger partial charge < -0.3 is 10.2 Å². The molecule has 0 aliphatic rings. The highest BCUT2D eigenvalue weighted by atomic mass is 19.1. The number of amides is 2. The third-order valence-electron chi connectivity index (χ3n) is 5.53. The number of carbonyl (C=O) groups excluding carboxylic acids is 2. The van der Waals surface area contributed by atoms with E-state index < -0.39 is 6.04 Å². The van der Waals surface area contributed by atoms with Crippen molar-refractivity contribution in [2.75, 3.05) is 7.05 Å². The lowest BCUT2D eigenvalue weighted by Gasteiger charge is -2.31. The lowest BCUT2D eigenvalue weighted by atomic mass is 10.0. The van der Waals surface area contributed by atoms with E-state index in [0.29, 0.717) is 12.8 Å². The van der Waals surface area contributed by atoms with Gasteiger partial charge in [-0.1, -0.05) is 72.3 Å². The standard InChI is InChI=1S/C27H29FN2O2/c1-20-8-10-21(11-9-20)14-17-26(31)30(19-23-12-15-24(28)16-13-23)25(27(32)29-2)18-22-6-4-3-5-7-22/h3-13,15-16,25H,14,17-19H2,1-2H3,(H,29,32)/t25-/m1/s1. The zero-order valence-electron chi connectivity index (χ0n) is 18.6. The summed E-state index contributed by atoms with van der Waals surface area (Å²) in [4.78, 5) is 27.9. The molecule has 4 nitrogen and oxygen atoms in total. The van der Waals surface area contributed by atoms with Gasteiger partial charge in [-0.05, 0) is 42.2 Å². The molecule has 0 fully saturated rings. The Kier molecular flexibility index (Phi) is 8.14. The van der Waals surface area contributed by atoms with Gasteiger partial charge in [0.25, 0.3) is 0 Å². The van der Waals surface area contributed by atoms with Crippen LogP contribution < -0.4 is 5.32 Å². The van der Waals surface area contributed by atoms with E-state index in [1.165, 1.54) is 17.7 Å². The summed E-state index contributed by atoms with van der Waals surface area (Å²) < 4.78 is 13.4. The van der Waals surface area contributed by atoms with Crippen molar-refractivity contribution in [1.82, 2.24) is 10.2 Å². The summed E-state index contributed by atoms with van der Waals surface area (Å²) in [6, 6.07) is 23.1. The second-order valence-corrected chi connectivity index (χ2v) is 7.95. The number of carbonyl (C=O) groups is 2. The molecule has 166 valence electrons. The number of aryl methyl sites for hydroxylation is 2. The molecule has 3 aromatic rings. The van der Waals surface area contributed by atoms with Crippen LogP contribution in [-0.4, -0.2) is 29.8 Å². The van der Waals surface area contributed by atoms with Crippen LogP contribution in [0.3, 0.4) is 0 Å². The second kappa shape index (κ2) is 11.2. The van der Waals surface area contributed by atoms with Crippen molar-refractivity contribution in [3.05, 3.63) is 107 Å². The summed E-state index contributed by atoms with van der Waals surface area (Å²) in [5, 5.41) is 2.70. The van der Waals surface area contributed by atoms with E-state index >= 15 is 0 Å². The Balaban J connectivity index is 1.85. The van der Waals surface area contributed by atoms with Gasteiger partial charge in [-0.15, -0.1) is 0 Å². The van der Waals surface area contributed by atoms with Gasteiger partial charge in [0.2, 0.25) is 11.8 Å². The molecule has 3 aromatic carbocycles. The van der Waals surface area contributed by atoms with Crippen LogP contribution in [0, 0.1) is 12.7 Å². The smallest absolute Gasteiger partial charge is 0.242 e. The van der Waals surface area contributed by atoms with Gasteiger partial charge >= 0.3 is 0 Å². The average Bonchev–Trinajstić information content (AvgIpc) is 2.82. The molecule has 0 heterocycles. The van der Waals surface area contributed by atoms with Crippen LogP contribution in [-0.2, 0) is 29.0 Å². The summed E-state index contributed by atoms with van der Waals surface area (Å²) in [5.41, 5.74) is 3.99. The highest BCUT2D eigenvalue weighted by Crippen LogP contribution is 2.17. The fourth-order valence-electron chi connectivity index (χ4n) is 3.66. The van der Waals surface area contributed by atoms with Crippen molar-refractivity contribution in [3.63, 3.8) is 0 Å². The molecule has 0 unspecified atom stereocenters. The van der Waals surface area contributed by atoms with E-state index in [0.717, 1.165) is 16.7 Å². The molecule has 1 N–H and O–H groups in total. The molecule has 0 aliphatic carbocycles. The van der Waals surface area contributed by atoms with E-state index in [4.69, 9.17) is 0 Å². The Morgan fingerprint density at radius 3 is 2.12 bits per heavy atom. The van der Waals surface area contributed by atoms with E-state index in [-0.39, 0.29) is 30.6 Å². The Labute approximate surface area is 189 Å². The number of rotatable bonds is 9. The predicted octanol–water partition coefficient (Wildman–Crippen LogP) is 4.45. The predicted molar refractivity (Wildman–Crippen MR) is 124 cm³/mol. The first kappa shape index (κ1) is 23.2. The van der Waals surface area contributed by atoms with Gasteiger partial charge in [-0.2, -0.15) is 0 Å². The van der Waals surface area contributed by atoms with Crippen LogP contribution in [0.25, 0.3) is 0 Å². The van der Waals surface area contributed by atoms with Crippen LogP contribution in [0.4, 0.5) is 4.39 Å². The maximum absolute atomic E-state index is 13.4. The fourth-order valence-corrected chi connectivity index (χ4v) is 3.66. The minimum Gasteiger partial charge on any atom is -0.357 e. The molecule has 32 heavy (non-hydrogen) atoms. The van der Waals surface area contributed by atoms with Gasteiger partial charge in [-0.3, -0.25) is 9.59 Å². The van der Waals surface area contributed by atoms with Crippen molar-refractivity contribution >= 4 is 11.8 Å². The Morgan fingerprint density at radius 2 is 1.50 bits per heavy atom. The van der Waals surface area contributed by atoms with E-state index in [1.54, 1.807) is 24.1 Å². The van der Waals surface area contributed by atoms with Gasteiger partial charge in [0.05, 0.1) is 0 Å². The molecule has 0 aromatic heterocycles. The topological polar surface area (TPSA) is 49.4 Å². The number of hydrogen-bond donors (Lipinski definition) is 1. The van der Waals surface area contributed by atoms with Crippen LogP contribution in [0.15, 0.2) is 78.9 Å². The van der Waals surface area contributed by atoms with Crippen molar-refractivity contribution in [2.24, 2.45) is 0 Å². The van der Waals surface area contributed by atoms with Crippen molar-refractivity contribution in [1.29, 1.82) is 0 Å². The second-order valence-electron chi connectivity index (χ2n) is 7.95. The van der Waals surface area contributed by atoms with E-state index in [1.807, 2.05) is 61.5 Å². The highest BCUT2D eigenvalue weighted by molar-refractivity contribution is 5.88. The van der Waals surface area contributed by atoms with Crippen LogP contribution in [0.2, 0.25) is 0 Å². The first-order valence-electron chi connectivity index (χ1n) is 10.8. The summed E-state index contributed by atoms with van der Waals surface area (Å²) >= 11 is 0. The number of benzene rings is 3. The minimum absolute atomic E-state index is 0.112. The molecular formula is C27H29FN2O2. The number of likely N-dealkylation sites (N-methyl/N-ethyl adjacent to an activating group) is 1. The maximum atomic E-state index is 13.4. The highest BCUT2D eigenvalue weighted by Gasteiger charge is 2.29. The van der Waals surface area contributed by atoms with Crippen molar-refractivity contribution < 1.29 is 14.0 Å². The molecule has 0 radical (unpaired) electrons. The molecule has 0 aliphatic heterocycles. The Hall–Kier alpha value is -3.47.